The quantitative estimate of drug-likeness (QED) is 0.395. The molecule has 0 fully saturated rings. The van der Waals surface area contributed by atoms with Crippen LogP contribution in [0, 0.1) is 6.92 Å². The van der Waals surface area contributed by atoms with Gasteiger partial charge in [0.05, 0.1) is 5.02 Å². The number of nitrogens with zero attached hydrogens (tertiary/aromatic N) is 3. The molecule has 0 saturated carbocycles. The molecule has 0 aliphatic heterocycles. The van der Waals surface area contributed by atoms with E-state index < -0.39 is 17.6 Å². The maximum atomic E-state index is 12.6. The third kappa shape index (κ3) is 5.02. The lowest BCUT2D eigenvalue weighted by molar-refractivity contribution is 0.0483. The first-order valence-corrected chi connectivity index (χ1v) is 11.0. The van der Waals surface area contributed by atoms with E-state index in [4.69, 9.17) is 16.3 Å². The first-order valence-electron chi connectivity index (χ1n) is 10.6. The van der Waals surface area contributed by atoms with Gasteiger partial charge in [-0.3, -0.25) is 14.6 Å². The molecule has 2 amide bonds. The summed E-state index contributed by atoms with van der Waals surface area (Å²) in [6.07, 6.45) is 1.14. The SMILES string of the molecule is Cc1ccc(C(=O)NNC(=O)OC(C)(C)C)cc1-c1ccn2c(-c3ccccc3Cl)nnc2c1. The molecular weight excluding hydrogens is 454 g/mol. The Morgan fingerprint density at radius 3 is 2.47 bits per heavy atom. The fraction of sp³-hybridized carbons (Fsp3) is 0.200. The van der Waals surface area contributed by atoms with Gasteiger partial charge in [0.1, 0.15) is 5.60 Å². The van der Waals surface area contributed by atoms with Gasteiger partial charge in [-0.2, -0.15) is 0 Å². The fourth-order valence-corrected chi connectivity index (χ4v) is 3.66. The molecule has 174 valence electrons. The van der Waals surface area contributed by atoms with Gasteiger partial charge in [0.2, 0.25) is 0 Å². The molecule has 0 spiro atoms. The second kappa shape index (κ2) is 9.15. The minimum absolute atomic E-state index is 0.384. The smallest absolute Gasteiger partial charge is 0.426 e. The van der Waals surface area contributed by atoms with Gasteiger partial charge in [-0.25, -0.2) is 10.2 Å². The number of ether oxygens (including phenoxy) is 1. The maximum Gasteiger partial charge on any atom is 0.426 e. The van der Waals surface area contributed by atoms with E-state index in [9.17, 15) is 9.59 Å². The van der Waals surface area contributed by atoms with Crippen LogP contribution in [0.15, 0.2) is 60.8 Å². The molecule has 0 aliphatic rings. The lowest BCUT2D eigenvalue weighted by Gasteiger charge is -2.19. The number of halogens is 1. The average Bonchev–Trinajstić information content (AvgIpc) is 3.20. The van der Waals surface area contributed by atoms with Crippen molar-refractivity contribution in [2.24, 2.45) is 0 Å². The van der Waals surface area contributed by atoms with E-state index in [-0.39, 0.29) is 0 Å². The highest BCUT2D eigenvalue weighted by Gasteiger charge is 2.18. The van der Waals surface area contributed by atoms with E-state index in [1.165, 1.54) is 0 Å². The Kier molecular flexibility index (Phi) is 6.26. The van der Waals surface area contributed by atoms with E-state index in [0.29, 0.717) is 22.1 Å². The Hall–Kier alpha value is -3.91. The summed E-state index contributed by atoms with van der Waals surface area (Å²) in [6, 6.07) is 16.6. The Labute approximate surface area is 201 Å². The zero-order valence-electron chi connectivity index (χ0n) is 19.2. The monoisotopic (exact) mass is 477 g/mol. The molecule has 2 N–H and O–H groups in total. The second-order valence-corrected chi connectivity index (χ2v) is 9.16. The summed E-state index contributed by atoms with van der Waals surface area (Å²) in [7, 11) is 0. The summed E-state index contributed by atoms with van der Waals surface area (Å²) in [4.78, 5) is 24.4. The molecule has 8 nitrogen and oxygen atoms in total. The van der Waals surface area contributed by atoms with Gasteiger partial charge in [-0.05, 0) is 80.8 Å². The van der Waals surface area contributed by atoms with Gasteiger partial charge >= 0.3 is 6.09 Å². The van der Waals surface area contributed by atoms with Gasteiger partial charge < -0.3 is 4.74 Å². The Bertz CT molecular complexity index is 1390. The normalized spacial score (nSPS) is 11.3. The van der Waals surface area contributed by atoms with Crippen molar-refractivity contribution in [1.82, 2.24) is 25.4 Å². The van der Waals surface area contributed by atoms with Crippen molar-refractivity contribution in [3.05, 3.63) is 76.9 Å². The highest BCUT2D eigenvalue weighted by atomic mass is 35.5. The lowest BCUT2D eigenvalue weighted by atomic mass is 9.98. The van der Waals surface area contributed by atoms with Gasteiger partial charge in [0, 0.05) is 17.3 Å². The minimum Gasteiger partial charge on any atom is -0.443 e. The van der Waals surface area contributed by atoms with Crippen molar-refractivity contribution >= 4 is 29.2 Å². The topological polar surface area (TPSA) is 97.6 Å². The second-order valence-electron chi connectivity index (χ2n) is 8.76. The molecule has 2 aromatic carbocycles. The van der Waals surface area contributed by atoms with Crippen LogP contribution in [0.25, 0.3) is 28.2 Å². The molecular formula is C25H24ClN5O3. The van der Waals surface area contributed by atoms with Crippen LogP contribution in [-0.2, 0) is 4.74 Å². The van der Waals surface area contributed by atoms with Gasteiger partial charge in [-0.15, -0.1) is 10.2 Å². The molecule has 0 unspecified atom stereocenters. The minimum atomic E-state index is -0.736. The number of hydrazine groups is 1. The van der Waals surface area contributed by atoms with Crippen LogP contribution < -0.4 is 10.9 Å². The number of amides is 2. The van der Waals surface area contributed by atoms with Gasteiger partial charge in [0.15, 0.2) is 11.5 Å². The highest BCUT2D eigenvalue weighted by Crippen LogP contribution is 2.29. The predicted octanol–water partition coefficient (Wildman–Crippen LogP) is 5.19. The molecule has 4 aromatic rings. The molecule has 9 heteroatoms. The van der Waals surface area contributed by atoms with Crippen molar-refractivity contribution in [3.8, 4) is 22.5 Å². The average molecular weight is 478 g/mol. The third-order valence-electron chi connectivity index (χ3n) is 5.01. The number of hydrogen-bond acceptors (Lipinski definition) is 5. The van der Waals surface area contributed by atoms with E-state index in [1.807, 2.05) is 60.0 Å². The zero-order chi connectivity index (χ0) is 24.5. The number of aryl methyl sites for hydroxylation is 1. The number of carbonyl (C=O) groups is 2. The van der Waals surface area contributed by atoms with Crippen molar-refractivity contribution in [1.29, 1.82) is 0 Å². The molecule has 4 rings (SSSR count). The number of pyridine rings is 1. The third-order valence-corrected chi connectivity index (χ3v) is 5.34. The number of fused-ring (bicyclic) bond motifs is 1. The number of hydrogen-bond donors (Lipinski definition) is 2. The summed E-state index contributed by atoms with van der Waals surface area (Å²) in [5, 5.41) is 9.20. The predicted molar refractivity (Wildman–Crippen MR) is 130 cm³/mol. The number of benzene rings is 2. The molecule has 0 aliphatic carbocycles. The van der Waals surface area contributed by atoms with E-state index in [2.05, 4.69) is 21.0 Å². The fourth-order valence-electron chi connectivity index (χ4n) is 3.44. The lowest BCUT2D eigenvalue weighted by Crippen LogP contribution is -2.44. The molecule has 0 radical (unpaired) electrons. The van der Waals surface area contributed by atoms with Crippen LogP contribution in [0.5, 0.6) is 0 Å². The number of nitrogens with one attached hydrogen (secondary N) is 2. The summed E-state index contributed by atoms with van der Waals surface area (Å²) < 4.78 is 6.99. The molecule has 2 aromatic heterocycles. The molecule has 34 heavy (non-hydrogen) atoms. The number of rotatable bonds is 3. The van der Waals surface area contributed by atoms with E-state index >= 15 is 0 Å². The van der Waals surface area contributed by atoms with Gasteiger partial charge in [-0.1, -0.05) is 29.8 Å². The highest BCUT2D eigenvalue weighted by molar-refractivity contribution is 6.33. The largest absolute Gasteiger partial charge is 0.443 e. The van der Waals surface area contributed by atoms with Crippen LogP contribution in [0.1, 0.15) is 36.7 Å². The number of aromatic nitrogens is 3. The van der Waals surface area contributed by atoms with Crippen molar-refractivity contribution < 1.29 is 14.3 Å². The zero-order valence-corrected chi connectivity index (χ0v) is 20.0. The van der Waals surface area contributed by atoms with Crippen molar-refractivity contribution in [2.45, 2.75) is 33.3 Å². The van der Waals surface area contributed by atoms with E-state index in [1.54, 1.807) is 32.9 Å². The van der Waals surface area contributed by atoms with Crippen LogP contribution in [0.2, 0.25) is 5.02 Å². The standard InChI is InChI=1S/C25H24ClN5O3/c1-15-9-10-17(23(32)29-30-24(33)34-25(2,3)4)13-19(15)16-11-12-31-21(14-16)27-28-22(31)18-7-5-6-8-20(18)26/h5-14H,1-4H3,(H,29,32)(H,30,33). The molecule has 0 bridgehead atoms. The first-order chi connectivity index (χ1) is 16.1. The van der Waals surface area contributed by atoms with Gasteiger partial charge in [0.25, 0.3) is 5.91 Å². The molecule has 0 atom stereocenters. The Morgan fingerprint density at radius 2 is 1.74 bits per heavy atom. The van der Waals surface area contributed by atoms with E-state index in [0.717, 1.165) is 22.3 Å². The number of carbonyl (C=O) groups excluding carboxylic acids is 2. The maximum absolute atomic E-state index is 12.6. The Morgan fingerprint density at radius 1 is 0.971 bits per heavy atom. The van der Waals surface area contributed by atoms with Crippen molar-refractivity contribution in [3.63, 3.8) is 0 Å². The molecule has 0 saturated heterocycles. The van der Waals surface area contributed by atoms with Crippen LogP contribution in [0.3, 0.4) is 0 Å². The first kappa shape index (κ1) is 23.3. The summed E-state index contributed by atoms with van der Waals surface area (Å²) in [5.41, 5.74) is 8.50. The van der Waals surface area contributed by atoms with Crippen LogP contribution in [-0.4, -0.2) is 32.2 Å². The van der Waals surface area contributed by atoms with Crippen LogP contribution >= 0.6 is 11.6 Å². The molecule has 2 heterocycles. The Balaban J connectivity index is 1.59. The van der Waals surface area contributed by atoms with Crippen LogP contribution in [0.4, 0.5) is 4.79 Å². The summed E-state index contributed by atoms with van der Waals surface area (Å²) in [5.74, 6) is 0.182. The summed E-state index contributed by atoms with van der Waals surface area (Å²) >= 11 is 6.33. The summed E-state index contributed by atoms with van der Waals surface area (Å²) in [6.45, 7) is 7.18. The van der Waals surface area contributed by atoms with Crippen molar-refractivity contribution in [2.75, 3.05) is 0 Å².